The van der Waals surface area contributed by atoms with Gasteiger partial charge in [0.2, 0.25) is 5.91 Å². The minimum Gasteiger partial charge on any atom is -0.393 e. The number of hydrogen-bond acceptors (Lipinski definition) is 3. The first-order valence-corrected chi connectivity index (χ1v) is 8.23. The van der Waals surface area contributed by atoms with Crippen LogP contribution in [-0.2, 0) is 4.79 Å². The lowest BCUT2D eigenvalue weighted by atomic mass is 9.70. The second kappa shape index (κ2) is 5.30. The van der Waals surface area contributed by atoms with Crippen molar-refractivity contribution in [3.63, 3.8) is 0 Å². The van der Waals surface area contributed by atoms with E-state index in [0.717, 1.165) is 57.5 Å². The van der Waals surface area contributed by atoms with Crippen LogP contribution in [0.4, 0.5) is 0 Å². The fraction of sp³-hybridized carbons (Fsp3) is 0.938. The van der Waals surface area contributed by atoms with Gasteiger partial charge in [0.25, 0.3) is 0 Å². The Kier molecular flexibility index (Phi) is 3.80. The molecule has 20 heavy (non-hydrogen) atoms. The summed E-state index contributed by atoms with van der Waals surface area (Å²) in [5, 5.41) is 10.0. The summed E-state index contributed by atoms with van der Waals surface area (Å²) in [7, 11) is 0. The summed E-state index contributed by atoms with van der Waals surface area (Å²) in [4.78, 5) is 15.0. The van der Waals surface area contributed by atoms with Gasteiger partial charge in [-0.05, 0) is 50.4 Å². The quantitative estimate of drug-likeness (QED) is 0.803. The van der Waals surface area contributed by atoms with Gasteiger partial charge >= 0.3 is 0 Å². The predicted octanol–water partition coefficient (Wildman–Crippen LogP) is 1.37. The van der Waals surface area contributed by atoms with Crippen LogP contribution in [0.3, 0.4) is 0 Å². The molecule has 114 valence electrons. The Bertz CT molecular complexity index is 377. The summed E-state index contributed by atoms with van der Waals surface area (Å²) in [6.07, 6.45) is 5.91. The summed E-state index contributed by atoms with van der Waals surface area (Å²) < 4.78 is 0. The Morgan fingerprint density at radius 2 is 1.95 bits per heavy atom. The molecule has 0 aromatic heterocycles. The van der Waals surface area contributed by atoms with E-state index < -0.39 is 0 Å². The van der Waals surface area contributed by atoms with Crippen molar-refractivity contribution >= 4 is 5.91 Å². The van der Waals surface area contributed by atoms with Crippen molar-refractivity contribution in [1.29, 1.82) is 0 Å². The van der Waals surface area contributed by atoms with E-state index in [9.17, 15) is 9.90 Å². The maximum Gasteiger partial charge on any atom is 0.230 e. The molecular formula is C16H28N2O2. The first-order valence-electron chi connectivity index (χ1n) is 8.23. The van der Waals surface area contributed by atoms with Crippen LogP contribution in [0.25, 0.3) is 0 Å². The Morgan fingerprint density at radius 1 is 1.25 bits per heavy atom. The zero-order valence-electron chi connectivity index (χ0n) is 12.6. The van der Waals surface area contributed by atoms with E-state index in [0.29, 0.717) is 18.4 Å². The Balaban J connectivity index is 1.69. The molecule has 3 unspecified atom stereocenters. The number of aliphatic hydroxyl groups excluding tert-OH is 1. The molecule has 0 spiro atoms. The lowest BCUT2D eigenvalue weighted by Crippen LogP contribution is -2.49. The van der Waals surface area contributed by atoms with Gasteiger partial charge in [0.15, 0.2) is 0 Å². The Labute approximate surface area is 121 Å². The van der Waals surface area contributed by atoms with Gasteiger partial charge in [-0.2, -0.15) is 0 Å². The third-order valence-corrected chi connectivity index (χ3v) is 6.18. The third-order valence-electron chi connectivity index (χ3n) is 6.18. The van der Waals surface area contributed by atoms with Gasteiger partial charge in [-0.1, -0.05) is 6.92 Å². The molecule has 3 atom stereocenters. The molecule has 0 bridgehead atoms. The highest BCUT2D eigenvalue weighted by Crippen LogP contribution is 2.43. The van der Waals surface area contributed by atoms with Crippen LogP contribution in [0.15, 0.2) is 0 Å². The van der Waals surface area contributed by atoms with Gasteiger partial charge in [-0.15, -0.1) is 0 Å². The van der Waals surface area contributed by atoms with Gasteiger partial charge in [0.1, 0.15) is 0 Å². The summed E-state index contributed by atoms with van der Waals surface area (Å²) in [6.45, 7) is 4.34. The summed E-state index contributed by atoms with van der Waals surface area (Å²) >= 11 is 0. The topological polar surface area (TPSA) is 66.6 Å². The van der Waals surface area contributed by atoms with Crippen LogP contribution in [0, 0.1) is 23.2 Å². The number of nitrogens with zero attached hydrogens (tertiary/aromatic N) is 1. The number of amides is 1. The summed E-state index contributed by atoms with van der Waals surface area (Å²) in [5.74, 6) is 1.83. The van der Waals surface area contributed by atoms with Crippen molar-refractivity contribution in [1.82, 2.24) is 4.90 Å². The second-order valence-corrected chi connectivity index (χ2v) is 7.45. The van der Waals surface area contributed by atoms with Crippen LogP contribution >= 0.6 is 0 Å². The second-order valence-electron chi connectivity index (χ2n) is 7.45. The molecule has 2 aliphatic carbocycles. The van der Waals surface area contributed by atoms with E-state index in [1.54, 1.807) is 0 Å². The highest BCUT2D eigenvalue weighted by Gasteiger charge is 2.48. The number of aliphatic hydroxyl groups is 1. The number of rotatable bonds is 2. The van der Waals surface area contributed by atoms with Crippen LogP contribution in [0.2, 0.25) is 0 Å². The molecule has 3 rings (SSSR count). The van der Waals surface area contributed by atoms with Gasteiger partial charge in [-0.25, -0.2) is 0 Å². The van der Waals surface area contributed by atoms with Crippen molar-refractivity contribution in [3.8, 4) is 0 Å². The molecule has 3 fully saturated rings. The zero-order valence-corrected chi connectivity index (χ0v) is 12.6. The lowest BCUT2D eigenvalue weighted by molar-refractivity contribution is -0.143. The molecule has 1 heterocycles. The molecule has 4 nitrogen and oxygen atoms in total. The number of carbonyl (C=O) groups is 1. The fourth-order valence-corrected chi connectivity index (χ4v) is 4.56. The van der Waals surface area contributed by atoms with Crippen LogP contribution in [0.1, 0.15) is 45.4 Å². The smallest absolute Gasteiger partial charge is 0.230 e. The largest absolute Gasteiger partial charge is 0.393 e. The maximum atomic E-state index is 13.0. The molecule has 1 saturated heterocycles. The number of likely N-dealkylation sites (tertiary alicyclic amines) is 1. The minimum atomic E-state index is -0.309. The average Bonchev–Trinajstić information content (AvgIpc) is 3.02. The Hall–Kier alpha value is -0.610. The van der Waals surface area contributed by atoms with E-state index in [4.69, 9.17) is 5.73 Å². The van der Waals surface area contributed by atoms with E-state index in [-0.39, 0.29) is 17.4 Å². The highest BCUT2D eigenvalue weighted by molar-refractivity contribution is 5.83. The fourth-order valence-electron chi connectivity index (χ4n) is 4.56. The van der Waals surface area contributed by atoms with Crippen molar-refractivity contribution < 1.29 is 9.90 Å². The van der Waals surface area contributed by atoms with Gasteiger partial charge in [0, 0.05) is 25.6 Å². The van der Waals surface area contributed by atoms with Crippen LogP contribution < -0.4 is 5.73 Å². The molecule has 1 aliphatic heterocycles. The number of hydrogen-bond donors (Lipinski definition) is 2. The van der Waals surface area contributed by atoms with E-state index >= 15 is 0 Å². The van der Waals surface area contributed by atoms with E-state index in [1.165, 1.54) is 0 Å². The normalized spacial score (nSPS) is 44.6. The predicted molar refractivity (Wildman–Crippen MR) is 77.9 cm³/mol. The Morgan fingerprint density at radius 3 is 2.55 bits per heavy atom. The SMILES string of the molecule is CC1CCC(CN)(C(=O)N2CC3CCC(O)C3C2)CC1. The molecule has 0 aromatic rings. The standard InChI is InChI=1S/C16H28N2O2/c1-11-4-6-16(10-17,7-5-11)15(20)18-8-12-2-3-14(19)13(12)9-18/h11-14,19H,2-10,17H2,1H3. The summed E-state index contributed by atoms with van der Waals surface area (Å²) in [6, 6.07) is 0. The number of carbonyl (C=O) groups excluding carboxylic acids is 1. The van der Waals surface area contributed by atoms with Crippen LogP contribution in [-0.4, -0.2) is 41.7 Å². The zero-order chi connectivity index (χ0) is 14.3. The van der Waals surface area contributed by atoms with Gasteiger partial charge < -0.3 is 15.7 Å². The molecule has 3 aliphatic rings. The van der Waals surface area contributed by atoms with Crippen LogP contribution in [0.5, 0.6) is 0 Å². The van der Waals surface area contributed by atoms with Crippen molar-refractivity contribution in [2.24, 2.45) is 28.9 Å². The van der Waals surface area contributed by atoms with Gasteiger partial charge in [-0.3, -0.25) is 4.79 Å². The van der Waals surface area contributed by atoms with Crippen molar-refractivity contribution in [3.05, 3.63) is 0 Å². The van der Waals surface area contributed by atoms with E-state index in [2.05, 4.69) is 6.92 Å². The first kappa shape index (κ1) is 14.3. The number of fused-ring (bicyclic) bond motifs is 1. The molecule has 1 amide bonds. The van der Waals surface area contributed by atoms with E-state index in [1.807, 2.05) is 4.90 Å². The maximum absolute atomic E-state index is 13.0. The molecule has 2 saturated carbocycles. The first-order chi connectivity index (χ1) is 9.55. The molecule has 0 radical (unpaired) electrons. The molecular weight excluding hydrogens is 252 g/mol. The lowest BCUT2D eigenvalue weighted by Gasteiger charge is -2.40. The monoisotopic (exact) mass is 280 g/mol. The highest BCUT2D eigenvalue weighted by atomic mass is 16.3. The summed E-state index contributed by atoms with van der Waals surface area (Å²) in [5.41, 5.74) is 5.69. The molecule has 4 heteroatoms. The van der Waals surface area contributed by atoms with Crippen molar-refractivity contribution in [2.75, 3.05) is 19.6 Å². The molecule has 3 N–H and O–H groups in total. The number of nitrogens with two attached hydrogens (primary N) is 1. The molecule has 0 aromatic carbocycles. The van der Waals surface area contributed by atoms with Crippen molar-refractivity contribution in [2.45, 2.75) is 51.6 Å². The third kappa shape index (κ3) is 2.27. The average molecular weight is 280 g/mol. The van der Waals surface area contributed by atoms with Gasteiger partial charge in [0.05, 0.1) is 11.5 Å². The minimum absolute atomic E-state index is 0.196.